The highest BCUT2D eigenvalue weighted by molar-refractivity contribution is 5.31. The lowest BCUT2D eigenvalue weighted by molar-refractivity contribution is 0.412. The molecule has 2 aromatic carbocycles. The maximum atomic E-state index is 5.25. The number of hydrogen-bond acceptors (Lipinski definition) is 3. The molecule has 0 aliphatic carbocycles. The molecule has 1 unspecified atom stereocenters. The van der Waals surface area contributed by atoms with Crippen LogP contribution in [0, 0.1) is 0 Å². The first-order chi connectivity index (χ1) is 9.72. The molecule has 0 amide bonds. The van der Waals surface area contributed by atoms with E-state index in [0.29, 0.717) is 0 Å². The van der Waals surface area contributed by atoms with Crippen LogP contribution in [0.25, 0.3) is 0 Å². The van der Waals surface area contributed by atoms with Gasteiger partial charge in [-0.05, 0) is 42.3 Å². The Morgan fingerprint density at radius 3 is 2.30 bits per heavy atom. The first kappa shape index (κ1) is 14.4. The Balaban J connectivity index is 1.98. The van der Waals surface area contributed by atoms with Crippen LogP contribution >= 0.6 is 0 Å². The lowest BCUT2D eigenvalue weighted by Crippen LogP contribution is -2.18. The van der Waals surface area contributed by atoms with Gasteiger partial charge >= 0.3 is 0 Å². The van der Waals surface area contributed by atoms with E-state index in [4.69, 9.17) is 9.47 Å². The Bertz CT molecular complexity index is 554. The van der Waals surface area contributed by atoms with E-state index >= 15 is 0 Å². The quantitative estimate of drug-likeness (QED) is 0.871. The van der Waals surface area contributed by atoms with Crippen LogP contribution in [0.15, 0.2) is 48.5 Å². The molecule has 3 heteroatoms. The number of ether oxygens (including phenoxy) is 2. The fourth-order valence-electron chi connectivity index (χ4n) is 2.08. The number of nitrogens with one attached hydrogen (secondary N) is 1. The second-order valence-electron chi connectivity index (χ2n) is 4.73. The Kier molecular flexibility index (Phi) is 5.02. The molecule has 1 atom stereocenters. The maximum absolute atomic E-state index is 5.25. The van der Waals surface area contributed by atoms with Gasteiger partial charge in [0.15, 0.2) is 0 Å². The molecule has 0 aliphatic heterocycles. The van der Waals surface area contributed by atoms with Crippen molar-refractivity contribution in [2.45, 2.75) is 19.5 Å². The summed E-state index contributed by atoms with van der Waals surface area (Å²) in [5.74, 6) is 1.77. The van der Waals surface area contributed by atoms with Gasteiger partial charge in [0.2, 0.25) is 0 Å². The molecule has 0 saturated carbocycles. The lowest BCUT2D eigenvalue weighted by Gasteiger charge is -2.15. The Morgan fingerprint density at radius 1 is 0.950 bits per heavy atom. The number of methoxy groups -OCH3 is 2. The largest absolute Gasteiger partial charge is 0.497 e. The molecule has 2 rings (SSSR count). The van der Waals surface area contributed by atoms with E-state index in [1.807, 2.05) is 30.3 Å². The summed E-state index contributed by atoms with van der Waals surface area (Å²) in [7, 11) is 3.37. The summed E-state index contributed by atoms with van der Waals surface area (Å²) in [6, 6.07) is 16.5. The minimum Gasteiger partial charge on any atom is -0.497 e. The van der Waals surface area contributed by atoms with Gasteiger partial charge in [-0.1, -0.05) is 24.3 Å². The SMILES string of the molecule is COc1cccc(CNC(C)c2cccc(OC)c2)c1. The third-order valence-electron chi connectivity index (χ3n) is 3.34. The van der Waals surface area contributed by atoms with E-state index in [2.05, 4.69) is 30.4 Å². The summed E-state index contributed by atoms with van der Waals surface area (Å²) in [6.07, 6.45) is 0. The maximum Gasteiger partial charge on any atom is 0.119 e. The van der Waals surface area contributed by atoms with E-state index < -0.39 is 0 Å². The molecular weight excluding hydrogens is 250 g/mol. The molecule has 2 aromatic rings. The monoisotopic (exact) mass is 271 g/mol. The van der Waals surface area contributed by atoms with Crippen LogP contribution in [0.3, 0.4) is 0 Å². The molecule has 0 heterocycles. The van der Waals surface area contributed by atoms with Crippen LogP contribution in [0.1, 0.15) is 24.1 Å². The van der Waals surface area contributed by atoms with Gasteiger partial charge in [-0.3, -0.25) is 0 Å². The molecule has 0 aliphatic rings. The Hall–Kier alpha value is -2.00. The fourth-order valence-corrected chi connectivity index (χ4v) is 2.08. The van der Waals surface area contributed by atoms with Gasteiger partial charge in [-0.15, -0.1) is 0 Å². The highest BCUT2D eigenvalue weighted by Crippen LogP contribution is 2.19. The van der Waals surface area contributed by atoms with Crippen LogP contribution in [0.2, 0.25) is 0 Å². The van der Waals surface area contributed by atoms with Crippen LogP contribution in [-0.4, -0.2) is 14.2 Å². The zero-order valence-electron chi connectivity index (χ0n) is 12.2. The molecule has 0 fully saturated rings. The molecule has 0 aromatic heterocycles. The molecule has 0 saturated heterocycles. The molecule has 0 spiro atoms. The average Bonchev–Trinajstić information content (AvgIpc) is 2.52. The van der Waals surface area contributed by atoms with Gasteiger partial charge in [-0.2, -0.15) is 0 Å². The normalized spacial score (nSPS) is 11.9. The molecule has 106 valence electrons. The smallest absolute Gasteiger partial charge is 0.119 e. The third kappa shape index (κ3) is 3.75. The van der Waals surface area contributed by atoms with Crippen molar-refractivity contribution >= 4 is 0 Å². The van der Waals surface area contributed by atoms with Gasteiger partial charge in [0.1, 0.15) is 11.5 Å². The van der Waals surface area contributed by atoms with Crippen LogP contribution < -0.4 is 14.8 Å². The van der Waals surface area contributed by atoms with Crippen molar-refractivity contribution < 1.29 is 9.47 Å². The standard InChI is InChI=1S/C17H21NO2/c1-13(15-7-5-9-17(11-15)20-3)18-12-14-6-4-8-16(10-14)19-2/h4-11,13,18H,12H2,1-3H3. The van der Waals surface area contributed by atoms with Crippen molar-refractivity contribution in [3.8, 4) is 11.5 Å². The first-order valence-electron chi connectivity index (χ1n) is 6.73. The van der Waals surface area contributed by atoms with E-state index in [1.165, 1.54) is 11.1 Å². The predicted octanol–water partition coefficient (Wildman–Crippen LogP) is 3.55. The van der Waals surface area contributed by atoms with E-state index in [-0.39, 0.29) is 6.04 Å². The minimum atomic E-state index is 0.260. The van der Waals surface area contributed by atoms with Crippen molar-refractivity contribution in [3.63, 3.8) is 0 Å². The van der Waals surface area contributed by atoms with Gasteiger partial charge in [0, 0.05) is 12.6 Å². The molecule has 3 nitrogen and oxygen atoms in total. The molecular formula is C17H21NO2. The highest BCUT2D eigenvalue weighted by Gasteiger charge is 2.06. The molecule has 20 heavy (non-hydrogen) atoms. The minimum absolute atomic E-state index is 0.260. The van der Waals surface area contributed by atoms with E-state index in [9.17, 15) is 0 Å². The van der Waals surface area contributed by atoms with E-state index in [0.717, 1.165) is 18.0 Å². The molecule has 1 N–H and O–H groups in total. The first-order valence-corrected chi connectivity index (χ1v) is 6.73. The van der Waals surface area contributed by atoms with Gasteiger partial charge in [0.25, 0.3) is 0 Å². The highest BCUT2D eigenvalue weighted by atomic mass is 16.5. The summed E-state index contributed by atoms with van der Waals surface area (Å²) in [4.78, 5) is 0. The van der Waals surface area contributed by atoms with Crippen molar-refractivity contribution in [3.05, 3.63) is 59.7 Å². The van der Waals surface area contributed by atoms with Crippen LogP contribution in [0.5, 0.6) is 11.5 Å². The number of rotatable bonds is 6. The Morgan fingerprint density at radius 2 is 1.60 bits per heavy atom. The summed E-state index contributed by atoms with van der Waals surface area (Å²) in [6.45, 7) is 2.95. The van der Waals surface area contributed by atoms with Crippen LogP contribution in [0.4, 0.5) is 0 Å². The van der Waals surface area contributed by atoms with Crippen molar-refractivity contribution in [1.29, 1.82) is 0 Å². The summed E-state index contributed by atoms with van der Waals surface area (Å²) < 4.78 is 10.5. The van der Waals surface area contributed by atoms with Gasteiger partial charge < -0.3 is 14.8 Å². The topological polar surface area (TPSA) is 30.5 Å². The van der Waals surface area contributed by atoms with Crippen LogP contribution in [-0.2, 0) is 6.54 Å². The fraction of sp³-hybridized carbons (Fsp3) is 0.294. The van der Waals surface area contributed by atoms with E-state index in [1.54, 1.807) is 14.2 Å². The van der Waals surface area contributed by atoms with Crippen molar-refractivity contribution in [2.24, 2.45) is 0 Å². The second-order valence-corrected chi connectivity index (χ2v) is 4.73. The zero-order valence-corrected chi connectivity index (χ0v) is 12.2. The number of hydrogen-bond donors (Lipinski definition) is 1. The summed E-state index contributed by atoms with van der Waals surface area (Å²) in [5.41, 5.74) is 2.42. The van der Waals surface area contributed by atoms with Crippen molar-refractivity contribution in [1.82, 2.24) is 5.32 Å². The number of benzene rings is 2. The predicted molar refractivity (Wildman–Crippen MR) is 81.2 cm³/mol. The lowest BCUT2D eigenvalue weighted by atomic mass is 10.1. The summed E-state index contributed by atoms with van der Waals surface area (Å²) in [5, 5.41) is 3.51. The van der Waals surface area contributed by atoms with Gasteiger partial charge in [-0.25, -0.2) is 0 Å². The second kappa shape index (κ2) is 6.96. The molecule has 0 radical (unpaired) electrons. The molecule has 0 bridgehead atoms. The summed E-state index contributed by atoms with van der Waals surface area (Å²) >= 11 is 0. The third-order valence-corrected chi connectivity index (χ3v) is 3.34. The Labute approximate surface area is 120 Å². The zero-order chi connectivity index (χ0) is 14.4. The van der Waals surface area contributed by atoms with Crippen molar-refractivity contribution in [2.75, 3.05) is 14.2 Å². The van der Waals surface area contributed by atoms with Gasteiger partial charge in [0.05, 0.1) is 14.2 Å². The average molecular weight is 271 g/mol.